The van der Waals surface area contributed by atoms with Crippen molar-refractivity contribution in [2.24, 2.45) is 0 Å². The van der Waals surface area contributed by atoms with E-state index in [2.05, 4.69) is 0 Å². The number of phenols is 2. The van der Waals surface area contributed by atoms with Crippen LogP contribution in [0.4, 0.5) is 0 Å². The van der Waals surface area contributed by atoms with Gasteiger partial charge in [0.25, 0.3) is 0 Å². The van der Waals surface area contributed by atoms with Crippen LogP contribution in [-0.4, -0.2) is 24.4 Å². The first-order chi connectivity index (χ1) is 12.0. The van der Waals surface area contributed by atoms with Crippen LogP contribution in [0.15, 0.2) is 36.4 Å². The van der Waals surface area contributed by atoms with Crippen molar-refractivity contribution >= 4 is 10.8 Å². The standard InChI is InChI=1S/C21H22O4/c1-12-9-18(23)19(13(2)21(12)25-4)20-16-7-5-14(11-24-3)10-15(16)6-8-17(20)22/h5-10,22-23H,11H2,1-4H3. The van der Waals surface area contributed by atoms with Gasteiger partial charge < -0.3 is 19.7 Å². The Morgan fingerprint density at radius 1 is 0.880 bits per heavy atom. The van der Waals surface area contributed by atoms with Gasteiger partial charge in [-0.3, -0.25) is 0 Å². The van der Waals surface area contributed by atoms with Crippen molar-refractivity contribution in [2.75, 3.05) is 14.2 Å². The molecule has 4 heteroatoms. The number of methoxy groups -OCH3 is 2. The van der Waals surface area contributed by atoms with E-state index in [9.17, 15) is 10.2 Å². The molecule has 0 aliphatic heterocycles. The van der Waals surface area contributed by atoms with Gasteiger partial charge in [0, 0.05) is 23.8 Å². The first-order valence-electron chi connectivity index (χ1n) is 8.09. The maximum Gasteiger partial charge on any atom is 0.125 e. The topological polar surface area (TPSA) is 58.9 Å². The van der Waals surface area contributed by atoms with E-state index in [0.717, 1.165) is 27.5 Å². The Labute approximate surface area is 147 Å². The minimum atomic E-state index is 0.122. The smallest absolute Gasteiger partial charge is 0.125 e. The molecule has 0 aliphatic carbocycles. The molecule has 3 aromatic carbocycles. The molecule has 3 rings (SSSR count). The van der Waals surface area contributed by atoms with Gasteiger partial charge >= 0.3 is 0 Å². The fraction of sp³-hybridized carbons (Fsp3) is 0.238. The third-order valence-corrected chi connectivity index (χ3v) is 4.51. The molecule has 0 atom stereocenters. The van der Waals surface area contributed by atoms with Crippen molar-refractivity contribution in [3.8, 4) is 28.4 Å². The van der Waals surface area contributed by atoms with Crippen molar-refractivity contribution in [1.82, 2.24) is 0 Å². The number of fused-ring (bicyclic) bond motifs is 1. The molecular weight excluding hydrogens is 316 g/mol. The summed E-state index contributed by atoms with van der Waals surface area (Å²) in [5.74, 6) is 0.955. The molecule has 0 aliphatic rings. The van der Waals surface area contributed by atoms with E-state index < -0.39 is 0 Å². The van der Waals surface area contributed by atoms with Crippen molar-refractivity contribution in [3.05, 3.63) is 53.1 Å². The molecule has 0 heterocycles. The van der Waals surface area contributed by atoms with E-state index in [0.29, 0.717) is 23.5 Å². The van der Waals surface area contributed by atoms with Crippen LogP contribution in [0.1, 0.15) is 16.7 Å². The quantitative estimate of drug-likeness (QED) is 0.724. The lowest BCUT2D eigenvalue weighted by Crippen LogP contribution is -1.96. The largest absolute Gasteiger partial charge is 0.507 e. The van der Waals surface area contributed by atoms with Crippen LogP contribution in [0, 0.1) is 13.8 Å². The third kappa shape index (κ3) is 2.89. The molecule has 4 nitrogen and oxygen atoms in total. The predicted molar refractivity (Wildman–Crippen MR) is 99.5 cm³/mol. The van der Waals surface area contributed by atoms with Crippen molar-refractivity contribution in [3.63, 3.8) is 0 Å². The minimum Gasteiger partial charge on any atom is -0.507 e. The van der Waals surface area contributed by atoms with Crippen molar-refractivity contribution in [2.45, 2.75) is 20.5 Å². The van der Waals surface area contributed by atoms with Crippen molar-refractivity contribution < 1.29 is 19.7 Å². The number of benzene rings is 3. The van der Waals surface area contributed by atoms with Gasteiger partial charge in [0.05, 0.1) is 13.7 Å². The highest BCUT2D eigenvalue weighted by Gasteiger charge is 2.20. The molecule has 130 valence electrons. The fourth-order valence-corrected chi connectivity index (χ4v) is 3.46. The number of aryl methyl sites for hydroxylation is 1. The lowest BCUT2D eigenvalue weighted by molar-refractivity contribution is 0.185. The van der Waals surface area contributed by atoms with Crippen LogP contribution in [-0.2, 0) is 11.3 Å². The highest BCUT2D eigenvalue weighted by atomic mass is 16.5. The fourth-order valence-electron chi connectivity index (χ4n) is 3.46. The predicted octanol–water partition coefficient (Wildman–Crippen LogP) is 4.69. The Morgan fingerprint density at radius 3 is 2.32 bits per heavy atom. The van der Waals surface area contributed by atoms with E-state index in [1.807, 2.05) is 38.1 Å². The van der Waals surface area contributed by atoms with Gasteiger partial charge in [0.15, 0.2) is 0 Å². The van der Waals surface area contributed by atoms with E-state index in [1.165, 1.54) is 0 Å². The lowest BCUT2D eigenvalue weighted by atomic mass is 9.91. The highest BCUT2D eigenvalue weighted by molar-refractivity contribution is 6.02. The minimum absolute atomic E-state index is 0.122. The lowest BCUT2D eigenvalue weighted by Gasteiger charge is -2.18. The SMILES string of the molecule is COCc1ccc2c(-c3c(O)cc(C)c(OC)c3C)c(O)ccc2c1. The zero-order chi connectivity index (χ0) is 18.1. The van der Waals surface area contributed by atoms with E-state index >= 15 is 0 Å². The average Bonchev–Trinajstić information content (AvgIpc) is 2.57. The molecule has 2 N–H and O–H groups in total. The summed E-state index contributed by atoms with van der Waals surface area (Å²) < 4.78 is 10.7. The Bertz CT molecular complexity index is 945. The highest BCUT2D eigenvalue weighted by Crippen LogP contribution is 2.46. The first-order valence-corrected chi connectivity index (χ1v) is 8.09. The Balaban J connectivity index is 2.34. The first kappa shape index (κ1) is 17.1. The molecule has 0 saturated heterocycles. The number of ether oxygens (including phenoxy) is 2. The molecule has 0 fully saturated rings. The Hall–Kier alpha value is -2.72. The second kappa shape index (κ2) is 6.65. The molecule has 0 bridgehead atoms. The molecule has 3 aromatic rings. The summed E-state index contributed by atoms with van der Waals surface area (Å²) in [4.78, 5) is 0. The summed E-state index contributed by atoms with van der Waals surface area (Å²) in [6.45, 7) is 4.29. The molecule has 0 saturated carbocycles. The van der Waals surface area contributed by atoms with E-state index in [-0.39, 0.29) is 11.5 Å². The zero-order valence-corrected chi connectivity index (χ0v) is 14.9. The van der Waals surface area contributed by atoms with Crippen LogP contribution >= 0.6 is 0 Å². The summed E-state index contributed by atoms with van der Waals surface area (Å²) in [6.07, 6.45) is 0. The maximum atomic E-state index is 10.6. The van der Waals surface area contributed by atoms with E-state index in [1.54, 1.807) is 26.4 Å². The molecule has 0 unspecified atom stereocenters. The van der Waals surface area contributed by atoms with Gasteiger partial charge in [0.1, 0.15) is 17.2 Å². The number of phenolic OH excluding ortho intramolecular Hbond substituents is 2. The summed E-state index contributed by atoms with van der Waals surface area (Å²) in [7, 11) is 3.27. The molecular formula is C21H22O4. The van der Waals surface area contributed by atoms with Gasteiger partial charge in [-0.15, -0.1) is 0 Å². The monoisotopic (exact) mass is 338 g/mol. The van der Waals surface area contributed by atoms with Gasteiger partial charge in [-0.2, -0.15) is 0 Å². The van der Waals surface area contributed by atoms with Crippen LogP contribution in [0.25, 0.3) is 21.9 Å². The summed E-state index contributed by atoms with van der Waals surface area (Å²) in [5, 5.41) is 23.0. The molecule has 25 heavy (non-hydrogen) atoms. The summed E-state index contributed by atoms with van der Waals surface area (Å²) >= 11 is 0. The Morgan fingerprint density at radius 2 is 1.64 bits per heavy atom. The van der Waals surface area contributed by atoms with Gasteiger partial charge in [-0.05, 0) is 53.9 Å². The normalized spacial score (nSPS) is 11.0. The van der Waals surface area contributed by atoms with E-state index in [4.69, 9.17) is 9.47 Å². The maximum absolute atomic E-state index is 10.6. The van der Waals surface area contributed by atoms with Gasteiger partial charge in [0.2, 0.25) is 0 Å². The molecule has 0 aromatic heterocycles. The second-order valence-corrected chi connectivity index (χ2v) is 6.19. The second-order valence-electron chi connectivity index (χ2n) is 6.19. The number of aromatic hydroxyl groups is 2. The average molecular weight is 338 g/mol. The molecule has 0 amide bonds. The third-order valence-electron chi connectivity index (χ3n) is 4.51. The van der Waals surface area contributed by atoms with Gasteiger partial charge in [-0.25, -0.2) is 0 Å². The number of hydrogen-bond donors (Lipinski definition) is 2. The van der Waals surface area contributed by atoms with Crippen molar-refractivity contribution in [1.29, 1.82) is 0 Å². The van der Waals surface area contributed by atoms with Crippen LogP contribution in [0.2, 0.25) is 0 Å². The number of hydrogen-bond acceptors (Lipinski definition) is 4. The zero-order valence-electron chi connectivity index (χ0n) is 14.9. The number of rotatable bonds is 4. The van der Waals surface area contributed by atoms with Crippen LogP contribution in [0.5, 0.6) is 17.2 Å². The summed E-state index contributed by atoms with van der Waals surface area (Å²) in [5.41, 5.74) is 3.89. The molecule has 0 spiro atoms. The molecule has 0 radical (unpaired) electrons. The Kier molecular flexibility index (Phi) is 4.55. The van der Waals surface area contributed by atoms with Gasteiger partial charge in [-0.1, -0.05) is 18.2 Å². The van der Waals surface area contributed by atoms with Crippen LogP contribution in [0.3, 0.4) is 0 Å². The summed E-state index contributed by atoms with van der Waals surface area (Å²) in [6, 6.07) is 11.1. The van der Waals surface area contributed by atoms with Crippen LogP contribution < -0.4 is 4.74 Å².